The van der Waals surface area contributed by atoms with Crippen LogP contribution in [0.2, 0.25) is 0 Å². The van der Waals surface area contributed by atoms with Crippen LogP contribution in [0, 0.1) is 0 Å². The summed E-state index contributed by atoms with van der Waals surface area (Å²) in [6.07, 6.45) is 2.10. The van der Waals surface area contributed by atoms with Crippen molar-refractivity contribution in [3.05, 3.63) is 35.7 Å². The van der Waals surface area contributed by atoms with Crippen molar-refractivity contribution >= 4 is 0 Å². The first-order valence-corrected chi connectivity index (χ1v) is 7.04. The third-order valence-corrected chi connectivity index (χ3v) is 3.66. The second kappa shape index (κ2) is 6.52. The summed E-state index contributed by atoms with van der Waals surface area (Å²) < 4.78 is 7.09. The van der Waals surface area contributed by atoms with Crippen LogP contribution in [0.4, 0.5) is 0 Å². The number of nitrogens with zero attached hydrogens (tertiary/aromatic N) is 3. The van der Waals surface area contributed by atoms with Crippen molar-refractivity contribution in [3.8, 4) is 11.4 Å². The predicted octanol–water partition coefficient (Wildman–Crippen LogP) is 2.64. The Morgan fingerprint density at radius 3 is 2.35 bits per heavy atom. The Kier molecular flexibility index (Phi) is 4.74. The van der Waals surface area contributed by atoms with E-state index in [1.807, 2.05) is 28.9 Å². The van der Waals surface area contributed by atoms with Gasteiger partial charge in [-0.1, -0.05) is 19.1 Å². The van der Waals surface area contributed by atoms with Gasteiger partial charge in [-0.3, -0.25) is 0 Å². The Morgan fingerprint density at radius 1 is 1.20 bits per heavy atom. The first kappa shape index (κ1) is 14.5. The van der Waals surface area contributed by atoms with Gasteiger partial charge < -0.3 is 10.5 Å². The minimum absolute atomic E-state index is 0.419. The third-order valence-electron chi connectivity index (χ3n) is 3.66. The molecular weight excluding hydrogens is 252 g/mol. The van der Waals surface area contributed by atoms with Crippen molar-refractivity contribution in [2.45, 2.75) is 39.2 Å². The maximum Gasteiger partial charge on any atom is 0.119 e. The normalized spacial score (nSPS) is 11.1. The van der Waals surface area contributed by atoms with Gasteiger partial charge in [0.2, 0.25) is 0 Å². The maximum atomic E-state index is 5.80. The van der Waals surface area contributed by atoms with Crippen molar-refractivity contribution < 1.29 is 4.74 Å². The highest BCUT2D eigenvalue weighted by Crippen LogP contribution is 2.27. The van der Waals surface area contributed by atoms with E-state index in [1.54, 1.807) is 7.11 Å². The molecule has 0 atom stereocenters. The van der Waals surface area contributed by atoms with E-state index in [0.717, 1.165) is 35.7 Å². The number of aromatic nitrogens is 3. The van der Waals surface area contributed by atoms with Gasteiger partial charge in [0, 0.05) is 12.5 Å². The largest absolute Gasteiger partial charge is 0.497 e. The highest BCUT2D eigenvalue weighted by atomic mass is 16.5. The number of methoxy groups -OCH3 is 1. The van der Waals surface area contributed by atoms with Crippen LogP contribution in [0.25, 0.3) is 5.69 Å². The minimum Gasteiger partial charge on any atom is -0.497 e. The van der Waals surface area contributed by atoms with E-state index >= 15 is 0 Å². The average Bonchev–Trinajstić information content (AvgIpc) is 2.92. The molecule has 0 fully saturated rings. The van der Waals surface area contributed by atoms with Crippen LogP contribution in [0.15, 0.2) is 24.3 Å². The molecule has 0 spiro atoms. The number of ether oxygens (including phenoxy) is 1. The predicted molar refractivity (Wildman–Crippen MR) is 79.1 cm³/mol. The van der Waals surface area contributed by atoms with Crippen molar-refractivity contribution in [1.29, 1.82) is 0 Å². The van der Waals surface area contributed by atoms with E-state index in [0.29, 0.717) is 12.5 Å². The number of nitrogens with two attached hydrogens (primary N) is 1. The molecule has 2 N–H and O–H groups in total. The van der Waals surface area contributed by atoms with Crippen molar-refractivity contribution in [2.75, 3.05) is 7.11 Å². The second-order valence-electron chi connectivity index (χ2n) is 4.75. The van der Waals surface area contributed by atoms with Crippen LogP contribution in [0.1, 0.15) is 44.0 Å². The molecule has 2 rings (SSSR count). The molecule has 5 nitrogen and oxygen atoms in total. The standard InChI is InChI=1S/C15H22N4O/c1-4-11(5-2)15-14(10-16)17-18-19(15)12-6-8-13(20-3)9-7-12/h6-9,11H,4-5,10,16H2,1-3H3. The Bertz CT molecular complexity index is 544. The van der Waals surface area contributed by atoms with Crippen LogP contribution in [0.3, 0.4) is 0 Å². The topological polar surface area (TPSA) is 66.0 Å². The zero-order chi connectivity index (χ0) is 14.5. The van der Waals surface area contributed by atoms with Gasteiger partial charge in [-0.25, -0.2) is 4.68 Å². The summed E-state index contributed by atoms with van der Waals surface area (Å²) in [7, 11) is 1.66. The third kappa shape index (κ3) is 2.67. The highest BCUT2D eigenvalue weighted by Gasteiger charge is 2.20. The monoisotopic (exact) mass is 274 g/mol. The van der Waals surface area contributed by atoms with Crippen LogP contribution >= 0.6 is 0 Å². The lowest BCUT2D eigenvalue weighted by Crippen LogP contribution is -2.10. The number of benzene rings is 1. The fourth-order valence-electron chi connectivity index (χ4n) is 2.46. The molecule has 0 aliphatic rings. The molecule has 5 heteroatoms. The Morgan fingerprint density at radius 2 is 1.85 bits per heavy atom. The van der Waals surface area contributed by atoms with Crippen LogP contribution in [-0.2, 0) is 6.54 Å². The Hall–Kier alpha value is -1.88. The molecule has 0 unspecified atom stereocenters. The molecule has 1 heterocycles. The second-order valence-corrected chi connectivity index (χ2v) is 4.75. The average molecular weight is 274 g/mol. The van der Waals surface area contributed by atoms with Crippen molar-refractivity contribution in [3.63, 3.8) is 0 Å². The molecule has 0 aliphatic heterocycles. The first-order valence-electron chi connectivity index (χ1n) is 7.04. The molecule has 0 saturated heterocycles. The molecule has 0 amide bonds. The van der Waals surface area contributed by atoms with Crippen LogP contribution < -0.4 is 10.5 Å². The molecule has 0 aliphatic carbocycles. The van der Waals surface area contributed by atoms with Gasteiger partial charge >= 0.3 is 0 Å². The molecule has 108 valence electrons. The van der Waals surface area contributed by atoms with Gasteiger partial charge in [0.1, 0.15) is 11.4 Å². The quantitative estimate of drug-likeness (QED) is 0.879. The molecule has 0 radical (unpaired) electrons. The number of hydrogen-bond donors (Lipinski definition) is 1. The molecule has 1 aromatic carbocycles. The molecule has 0 bridgehead atoms. The van der Waals surface area contributed by atoms with Gasteiger partial charge in [-0.2, -0.15) is 0 Å². The fourth-order valence-corrected chi connectivity index (χ4v) is 2.46. The summed E-state index contributed by atoms with van der Waals surface area (Å²) in [5, 5.41) is 8.50. The van der Waals surface area contributed by atoms with Gasteiger partial charge in [0.05, 0.1) is 18.5 Å². The lowest BCUT2D eigenvalue weighted by atomic mass is 9.97. The molecule has 1 aromatic heterocycles. The maximum absolute atomic E-state index is 5.80. The summed E-state index contributed by atoms with van der Waals surface area (Å²) >= 11 is 0. The summed E-state index contributed by atoms with van der Waals surface area (Å²) in [6, 6.07) is 7.82. The summed E-state index contributed by atoms with van der Waals surface area (Å²) in [5.41, 5.74) is 8.80. The zero-order valence-electron chi connectivity index (χ0n) is 12.3. The van der Waals surface area contributed by atoms with E-state index in [2.05, 4.69) is 24.2 Å². The summed E-state index contributed by atoms with van der Waals surface area (Å²) in [5.74, 6) is 1.25. The molecule has 0 saturated carbocycles. The van der Waals surface area contributed by atoms with Crippen molar-refractivity contribution in [1.82, 2.24) is 15.0 Å². The first-order chi connectivity index (χ1) is 9.74. The van der Waals surface area contributed by atoms with Gasteiger partial charge in [-0.15, -0.1) is 5.10 Å². The van der Waals surface area contributed by atoms with Gasteiger partial charge in [0.15, 0.2) is 0 Å². The van der Waals surface area contributed by atoms with E-state index in [1.165, 1.54) is 0 Å². The number of rotatable bonds is 6. The van der Waals surface area contributed by atoms with E-state index in [-0.39, 0.29) is 0 Å². The fraction of sp³-hybridized carbons (Fsp3) is 0.467. The molecule has 2 aromatic rings. The summed E-state index contributed by atoms with van der Waals surface area (Å²) in [4.78, 5) is 0. The minimum atomic E-state index is 0.419. The molecular formula is C15H22N4O. The highest BCUT2D eigenvalue weighted by molar-refractivity contribution is 5.39. The van der Waals surface area contributed by atoms with Crippen LogP contribution in [-0.4, -0.2) is 22.1 Å². The van der Waals surface area contributed by atoms with Gasteiger partial charge in [0.25, 0.3) is 0 Å². The Labute approximate surface area is 119 Å². The van der Waals surface area contributed by atoms with Crippen LogP contribution in [0.5, 0.6) is 5.75 Å². The number of hydrogen-bond acceptors (Lipinski definition) is 4. The lowest BCUT2D eigenvalue weighted by molar-refractivity contribution is 0.414. The Balaban J connectivity index is 2.47. The smallest absolute Gasteiger partial charge is 0.119 e. The summed E-state index contributed by atoms with van der Waals surface area (Å²) in [6.45, 7) is 4.78. The SMILES string of the molecule is CCC(CC)c1c(CN)nnn1-c1ccc(OC)cc1. The zero-order valence-corrected chi connectivity index (χ0v) is 12.3. The molecule has 20 heavy (non-hydrogen) atoms. The van der Waals surface area contributed by atoms with E-state index in [9.17, 15) is 0 Å². The van der Waals surface area contributed by atoms with E-state index < -0.39 is 0 Å². The van der Waals surface area contributed by atoms with Gasteiger partial charge in [-0.05, 0) is 37.1 Å². The lowest BCUT2D eigenvalue weighted by Gasteiger charge is -2.16. The van der Waals surface area contributed by atoms with Crippen molar-refractivity contribution in [2.24, 2.45) is 5.73 Å². The van der Waals surface area contributed by atoms with E-state index in [4.69, 9.17) is 10.5 Å².